The largest absolute Gasteiger partial charge is 0.497 e. The molecular formula is C23H25F3N2O6S. The van der Waals surface area contributed by atoms with Crippen molar-refractivity contribution in [3.63, 3.8) is 0 Å². The highest BCUT2D eigenvalue weighted by Crippen LogP contribution is 2.36. The molecule has 1 atom stereocenters. The van der Waals surface area contributed by atoms with Gasteiger partial charge in [-0.3, -0.25) is 0 Å². The minimum atomic E-state index is -4.79. The van der Waals surface area contributed by atoms with E-state index < -0.39 is 38.9 Å². The van der Waals surface area contributed by atoms with Crippen molar-refractivity contribution in [3.05, 3.63) is 54.1 Å². The highest BCUT2D eigenvalue weighted by molar-refractivity contribution is 7.89. The van der Waals surface area contributed by atoms with Gasteiger partial charge in [-0.2, -0.15) is 17.5 Å². The minimum Gasteiger partial charge on any atom is -0.497 e. The molecule has 2 saturated heterocycles. The smallest absolute Gasteiger partial charge is 0.417 e. The van der Waals surface area contributed by atoms with Gasteiger partial charge in [-0.25, -0.2) is 13.2 Å². The second-order valence-corrected chi connectivity index (χ2v) is 10.2. The van der Waals surface area contributed by atoms with Crippen LogP contribution in [0.1, 0.15) is 18.4 Å². The van der Waals surface area contributed by atoms with Gasteiger partial charge in [0.15, 0.2) is 6.10 Å². The quantitative estimate of drug-likeness (QED) is 0.559. The van der Waals surface area contributed by atoms with Crippen LogP contribution in [-0.4, -0.2) is 69.2 Å². The number of piperidine rings is 1. The maximum atomic E-state index is 13.3. The molecule has 35 heavy (non-hydrogen) atoms. The van der Waals surface area contributed by atoms with Gasteiger partial charge in [0, 0.05) is 19.1 Å². The monoisotopic (exact) mass is 514 g/mol. The zero-order valence-corrected chi connectivity index (χ0v) is 19.7. The predicted molar refractivity (Wildman–Crippen MR) is 119 cm³/mol. The van der Waals surface area contributed by atoms with Gasteiger partial charge in [0.05, 0.1) is 24.1 Å². The lowest BCUT2D eigenvalue weighted by atomic mass is 10.1. The summed E-state index contributed by atoms with van der Waals surface area (Å²) in [6.45, 7) is 0.422. The SMILES string of the molecule is COc1ccc(OCC2CN(C3CCN(S(=O)(=O)c4ccccc4C(F)(F)F)CC3)C(=O)O2)cc1. The van der Waals surface area contributed by atoms with Gasteiger partial charge >= 0.3 is 12.3 Å². The molecule has 0 bridgehead atoms. The van der Waals surface area contributed by atoms with E-state index in [1.165, 1.54) is 11.0 Å². The Hall–Kier alpha value is -2.99. The van der Waals surface area contributed by atoms with E-state index in [1.54, 1.807) is 31.4 Å². The summed E-state index contributed by atoms with van der Waals surface area (Å²) in [6.07, 6.45) is -5.23. The van der Waals surface area contributed by atoms with Crippen molar-refractivity contribution in [2.45, 2.75) is 36.1 Å². The van der Waals surface area contributed by atoms with Crippen molar-refractivity contribution in [1.29, 1.82) is 0 Å². The lowest BCUT2D eigenvalue weighted by molar-refractivity contribution is -0.139. The first-order valence-corrected chi connectivity index (χ1v) is 12.4. The van der Waals surface area contributed by atoms with Crippen LogP contribution < -0.4 is 9.47 Å². The summed E-state index contributed by atoms with van der Waals surface area (Å²) >= 11 is 0. The molecule has 190 valence electrons. The first-order chi connectivity index (χ1) is 16.6. The van der Waals surface area contributed by atoms with E-state index in [4.69, 9.17) is 14.2 Å². The number of sulfonamides is 1. The normalized spacial score (nSPS) is 20.1. The Balaban J connectivity index is 1.34. The molecule has 8 nitrogen and oxygen atoms in total. The van der Waals surface area contributed by atoms with Crippen LogP contribution in [-0.2, 0) is 20.9 Å². The van der Waals surface area contributed by atoms with Crippen LogP contribution in [0.25, 0.3) is 0 Å². The van der Waals surface area contributed by atoms with Crippen LogP contribution in [0.5, 0.6) is 11.5 Å². The Kier molecular flexibility index (Phi) is 7.13. The summed E-state index contributed by atoms with van der Waals surface area (Å²) in [5, 5.41) is 0. The lowest BCUT2D eigenvalue weighted by Crippen LogP contribution is -2.47. The van der Waals surface area contributed by atoms with Gasteiger partial charge in [-0.1, -0.05) is 12.1 Å². The molecule has 0 aliphatic carbocycles. The number of halogens is 3. The van der Waals surface area contributed by atoms with Crippen LogP contribution in [0, 0.1) is 0 Å². The number of amides is 1. The number of alkyl halides is 3. The maximum absolute atomic E-state index is 13.3. The number of rotatable bonds is 7. The van der Waals surface area contributed by atoms with Crippen LogP contribution >= 0.6 is 0 Å². The molecule has 1 amide bonds. The third kappa shape index (κ3) is 5.48. The Morgan fingerprint density at radius 1 is 1.03 bits per heavy atom. The van der Waals surface area contributed by atoms with E-state index >= 15 is 0 Å². The highest BCUT2D eigenvalue weighted by atomic mass is 32.2. The van der Waals surface area contributed by atoms with E-state index in [1.807, 2.05) is 0 Å². The lowest BCUT2D eigenvalue weighted by Gasteiger charge is -2.35. The molecule has 12 heteroatoms. The summed E-state index contributed by atoms with van der Waals surface area (Å²) in [4.78, 5) is 13.2. The third-order valence-corrected chi connectivity index (χ3v) is 8.03. The van der Waals surface area contributed by atoms with Crippen LogP contribution in [0.15, 0.2) is 53.4 Å². The minimum absolute atomic E-state index is 0.00398. The number of hydrogen-bond acceptors (Lipinski definition) is 6. The van der Waals surface area contributed by atoms with Gasteiger partial charge in [0.2, 0.25) is 10.0 Å². The second kappa shape index (κ2) is 9.94. The number of cyclic esters (lactones) is 1. The molecule has 2 aromatic carbocycles. The van der Waals surface area contributed by atoms with Gasteiger partial charge in [0.1, 0.15) is 18.1 Å². The Bertz CT molecular complexity index is 1150. The average Bonchev–Trinajstić information content (AvgIpc) is 3.23. The average molecular weight is 515 g/mol. The fourth-order valence-electron chi connectivity index (χ4n) is 4.25. The molecule has 1 unspecified atom stereocenters. The number of carbonyl (C=O) groups is 1. The van der Waals surface area contributed by atoms with Crippen molar-refractivity contribution in [3.8, 4) is 11.5 Å². The van der Waals surface area contributed by atoms with Crippen LogP contribution in [0.3, 0.4) is 0 Å². The Labute approximate surface area is 201 Å². The molecule has 2 fully saturated rings. The fourth-order valence-corrected chi connectivity index (χ4v) is 5.93. The Morgan fingerprint density at radius 3 is 2.29 bits per heavy atom. The summed E-state index contributed by atoms with van der Waals surface area (Å²) < 4.78 is 83.1. The molecule has 0 saturated carbocycles. The van der Waals surface area contributed by atoms with E-state index in [2.05, 4.69) is 0 Å². The number of carbonyl (C=O) groups excluding carboxylic acids is 1. The van der Waals surface area contributed by atoms with E-state index in [0.29, 0.717) is 11.5 Å². The van der Waals surface area contributed by atoms with E-state index in [-0.39, 0.29) is 45.1 Å². The van der Waals surface area contributed by atoms with Crippen LogP contribution in [0.4, 0.5) is 18.0 Å². The van der Waals surface area contributed by atoms with E-state index in [0.717, 1.165) is 22.5 Å². The molecule has 0 radical (unpaired) electrons. The molecule has 0 N–H and O–H groups in total. The molecule has 4 rings (SSSR count). The number of methoxy groups -OCH3 is 1. The molecule has 0 aromatic heterocycles. The summed E-state index contributed by atoms with van der Waals surface area (Å²) in [7, 11) is -2.78. The fraction of sp³-hybridized carbons (Fsp3) is 0.435. The zero-order valence-electron chi connectivity index (χ0n) is 18.9. The van der Waals surface area contributed by atoms with Crippen molar-refractivity contribution < 1.29 is 40.6 Å². The van der Waals surface area contributed by atoms with E-state index in [9.17, 15) is 26.4 Å². The zero-order chi connectivity index (χ0) is 25.2. The third-order valence-electron chi connectivity index (χ3n) is 6.07. The van der Waals surface area contributed by atoms with Gasteiger partial charge < -0.3 is 19.1 Å². The summed E-state index contributed by atoms with van der Waals surface area (Å²) in [5.74, 6) is 1.28. The number of hydrogen-bond donors (Lipinski definition) is 0. The van der Waals surface area contributed by atoms with Crippen LogP contribution in [0.2, 0.25) is 0 Å². The summed E-state index contributed by atoms with van der Waals surface area (Å²) in [6, 6.07) is 10.8. The van der Waals surface area contributed by atoms with Crippen molar-refractivity contribution in [1.82, 2.24) is 9.21 Å². The van der Waals surface area contributed by atoms with Gasteiger partial charge in [-0.05, 0) is 49.2 Å². The standard InChI is InChI=1S/C23H25F3N2O6S/c1-32-17-6-8-18(9-7-17)33-15-19-14-28(22(29)34-19)16-10-12-27(13-11-16)35(30,31)21-5-3-2-4-20(21)23(24,25)26/h2-9,16,19H,10-15H2,1H3. The van der Waals surface area contributed by atoms with Crippen molar-refractivity contribution >= 4 is 16.1 Å². The molecule has 2 aliphatic heterocycles. The van der Waals surface area contributed by atoms with Crippen molar-refractivity contribution in [2.24, 2.45) is 0 Å². The van der Waals surface area contributed by atoms with Gasteiger partial charge in [0.25, 0.3) is 0 Å². The summed E-state index contributed by atoms with van der Waals surface area (Å²) in [5.41, 5.74) is -1.19. The molecule has 2 aromatic rings. The predicted octanol–water partition coefficient (Wildman–Crippen LogP) is 3.77. The first kappa shape index (κ1) is 25.1. The second-order valence-electron chi connectivity index (χ2n) is 8.27. The Morgan fingerprint density at radius 2 is 1.66 bits per heavy atom. The number of benzene rings is 2. The topological polar surface area (TPSA) is 85.4 Å². The first-order valence-electron chi connectivity index (χ1n) is 11.0. The van der Waals surface area contributed by atoms with Gasteiger partial charge in [-0.15, -0.1) is 0 Å². The molecule has 2 heterocycles. The number of ether oxygens (including phenoxy) is 3. The maximum Gasteiger partial charge on any atom is 0.417 e. The number of nitrogens with zero attached hydrogens (tertiary/aromatic N) is 2. The molecular weight excluding hydrogens is 489 g/mol. The molecule has 0 spiro atoms. The highest BCUT2D eigenvalue weighted by Gasteiger charge is 2.42. The molecule has 2 aliphatic rings. The van der Waals surface area contributed by atoms with Crippen molar-refractivity contribution in [2.75, 3.05) is 33.4 Å².